The van der Waals surface area contributed by atoms with Crippen molar-refractivity contribution in [2.45, 2.75) is 13.5 Å². The van der Waals surface area contributed by atoms with Gasteiger partial charge in [0.15, 0.2) is 5.69 Å². The van der Waals surface area contributed by atoms with E-state index in [-0.39, 0.29) is 11.6 Å². The third kappa shape index (κ3) is 2.76. The molecular weight excluding hydrogens is 304 g/mol. The Kier molecular flexibility index (Phi) is 4.33. The highest BCUT2D eigenvalue weighted by molar-refractivity contribution is 5.95. The fraction of sp³-hybridized carbons (Fsp3) is 0.158. The molecule has 24 heavy (non-hydrogen) atoms. The van der Waals surface area contributed by atoms with Crippen LogP contribution >= 0.6 is 0 Å². The first-order valence-corrected chi connectivity index (χ1v) is 7.62. The quantitative estimate of drug-likeness (QED) is 0.530. The van der Waals surface area contributed by atoms with E-state index in [1.807, 2.05) is 49.4 Å². The summed E-state index contributed by atoms with van der Waals surface area (Å²) in [4.78, 5) is 11.2. The molecule has 0 saturated carbocycles. The molecule has 0 aliphatic rings. The summed E-state index contributed by atoms with van der Waals surface area (Å²) in [7, 11) is 0. The molecule has 3 aromatic rings. The lowest BCUT2D eigenvalue weighted by molar-refractivity contribution is 0.357. The van der Waals surface area contributed by atoms with E-state index in [2.05, 4.69) is 11.8 Å². The van der Waals surface area contributed by atoms with Gasteiger partial charge in [0, 0.05) is 10.9 Å². The van der Waals surface area contributed by atoms with Crippen molar-refractivity contribution < 1.29 is 9.84 Å². The Hall–Kier alpha value is -3.08. The SMILES string of the molecule is C=CCOc1ccccc1Cn1c(O)c(N=O)c2cc(C)ccc21. The number of nitroso groups, excluding NO2 is 1. The monoisotopic (exact) mass is 322 g/mol. The molecule has 3 rings (SSSR count). The van der Waals surface area contributed by atoms with Gasteiger partial charge in [-0.15, -0.1) is 4.91 Å². The van der Waals surface area contributed by atoms with Crippen molar-refractivity contribution in [2.75, 3.05) is 6.61 Å². The van der Waals surface area contributed by atoms with Crippen LogP contribution in [-0.2, 0) is 6.54 Å². The van der Waals surface area contributed by atoms with Crippen LogP contribution in [0.1, 0.15) is 11.1 Å². The Morgan fingerprint density at radius 3 is 2.83 bits per heavy atom. The van der Waals surface area contributed by atoms with Gasteiger partial charge in [-0.3, -0.25) is 0 Å². The average Bonchev–Trinajstić information content (AvgIpc) is 2.85. The number of aromatic hydroxyl groups is 1. The van der Waals surface area contributed by atoms with Gasteiger partial charge in [-0.05, 0) is 30.3 Å². The largest absolute Gasteiger partial charge is 0.493 e. The average molecular weight is 322 g/mol. The maximum Gasteiger partial charge on any atom is 0.222 e. The zero-order valence-electron chi connectivity index (χ0n) is 13.4. The van der Waals surface area contributed by atoms with Crippen molar-refractivity contribution in [3.63, 3.8) is 0 Å². The lowest BCUT2D eigenvalue weighted by Gasteiger charge is -2.12. The molecule has 0 fully saturated rings. The first kappa shape index (κ1) is 15.8. The predicted octanol–water partition coefficient (Wildman–Crippen LogP) is 4.67. The highest BCUT2D eigenvalue weighted by Gasteiger charge is 2.18. The second kappa shape index (κ2) is 6.58. The highest BCUT2D eigenvalue weighted by Crippen LogP contribution is 2.39. The van der Waals surface area contributed by atoms with Crippen LogP contribution in [-0.4, -0.2) is 16.3 Å². The van der Waals surface area contributed by atoms with Crippen LogP contribution in [0.3, 0.4) is 0 Å². The van der Waals surface area contributed by atoms with Gasteiger partial charge < -0.3 is 14.4 Å². The van der Waals surface area contributed by atoms with E-state index in [0.717, 1.165) is 16.6 Å². The van der Waals surface area contributed by atoms with Gasteiger partial charge >= 0.3 is 0 Å². The second-order valence-electron chi connectivity index (χ2n) is 5.58. The van der Waals surface area contributed by atoms with Crippen molar-refractivity contribution >= 4 is 16.6 Å². The van der Waals surface area contributed by atoms with Crippen LogP contribution in [0, 0.1) is 11.8 Å². The van der Waals surface area contributed by atoms with Crippen molar-refractivity contribution in [1.29, 1.82) is 0 Å². The fourth-order valence-electron chi connectivity index (χ4n) is 2.78. The molecule has 0 saturated heterocycles. The van der Waals surface area contributed by atoms with E-state index in [1.54, 1.807) is 10.6 Å². The summed E-state index contributed by atoms with van der Waals surface area (Å²) < 4.78 is 7.33. The van der Waals surface area contributed by atoms with Gasteiger partial charge in [-0.2, -0.15) is 0 Å². The number of para-hydroxylation sites is 1. The Labute approximate surface area is 139 Å². The first-order valence-electron chi connectivity index (χ1n) is 7.62. The summed E-state index contributed by atoms with van der Waals surface area (Å²) >= 11 is 0. The lowest BCUT2D eigenvalue weighted by Crippen LogP contribution is -2.03. The minimum atomic E-state index is -0.135. The zero-order chi connectivity index (χ0) is 17.1. The number of nitrogens with zero attached hydrogens (tertiary/aromatic N) is 2. The Bertz CT molecular complexity index is 912. The van der Waals surface area contributed by atoms with Crippen LogP contribution in [0.15, 0.2) is 60.3 Å². The molecule has 122 valence electrons. The van der Waals surface area contributed by atoms with Crippen LogP contribution in [0.4, 0.5) is 5.69 Å². The number of benzene rings is 2. The topological polar surface area (TPSA) is 63.8 Å². The summed E-state index contributed by atoms with van der Waals surface area (Å²) in [6.45, 7) is 6.35. The number of aryl methyl sites for hydroxylation is 1. The molecule has 5 nitrogen and oxygen atoms in total. The molecule has 5 heteroatoms. The number of rotatable bonds is 6. The minimum absolute atomic E-state index is 0.0678. The van der Waals surface area contributed by atoms with Gasteiger partial charge in [-0.25, -0.2) is 0 Å². The fourth-order valence-corrected chi connectivity index (χ4v) is 2.78. The molecule has 1 aromatic heterocycles. The predicted molar refractivity (Wildman–Crippen MR) is 95.0 cm³/mol. The summed E-state index contributed by atoms with van der Waals surface area (Å²) in [5.74, 6) is 0.579. The molecule has 0 spiro atoms. The maximum absolute atomic E-state index is 11.2. The van der Waals surface area contributed by atoms with E-state index in [0.29, 0.717) is 24.3 Å². The molecule has 0 amide bonds. The molecule has 0 bridgehead atoms. The third-order valence-corrected chi connectivity index (χ3v) is 3.91. The number of fused-ring (bicyclic) bond motifs is 1. The van der Waals surface area contributed by atoms with Crippen molar-refractivity contribution in [2.24, 2.45) is 5.18 Å². The molecule has 1 heterocycles. The molecule has 0 radical (unpaired) electrons. The van der Waals surface area contributed by atoms with Crippen molar-refractivity contribution in [3.05, 3.63) is 71.2 Å². The molecule has 0 aliphatic heterocycles. The smallest absolute Gasteiger partial charge is 0.222 e. The molecule has 0 aliphatic carbocycles. The highest BCUT2D eigenvalue weighted by atomic mass is 16.5. The summed E-state index contributed by atoms with van der Waals surface area (Å²) in [5.41, 5.74) is 2.72. The Morgan fingerprint density at radius 2 is 2.08 bits per heavy atom. The third-order valence-electron chi connectivity index (χ3n) is 3.91. The van der Waals surface area contributed by atoms with Crippen LogP contribution in [0.25, 0.3) is 10.9 Å². The Morgan fingerprint density at radius 1 is 1.29 bits per heavy atom. The van der Waals surface area contributed by atoms with E-state index in [4.69, 9.17) is 4.74 Å². The van der Waals surface area contributed by atoms with Crippen molar-refractivity contribution in [3.8, 4) is 11.6 Å². The zero-order valence-corrected chi connectivity index (χ0v) is 13.4. The number of aromatic nitrogens is 1. The first-order chi connectivity index (χ1) is 11.7. The van der Waals surface area contributed by atoms with Crippen LogP contribution < -0.4 is 4.74 Å². The van der Waals surface area contributed by atoms with Gasteiger partial charge in [-0.1, -0.05) is 42.5 Å². The standard InChI is InChI=1S/C19H18N2O3/c1-3-10-24-17-7-5-4-6-14(17)12-21-16-9-8-13(2)11-15(16)18(20-23)19(21)22/h3-9,11,22H,1,10,12H2,2H3. The van der Waals surface area contributed by atoms with Crippen LogP contribution in [0.2, 0.25) is 0 Å². The summed E-state index contributed by atoms with van der Waals surface area (Å²) in [6, 6.07) is 13.2. The summed E-state index contributed by atoms with van der Waals surface area (Å²) in [6.07, 6.45) is 1.68. The van der Waals surface area contributed by atoms with Crippen molar-refractivity contribution in [1.82, 2.24) is 4.57 Å². The second-order valence-corrected chi connectivity index (χ2v) is 5.58. The van der Waals surface area contributed by atoms with E-state index in [9.17, 15) is 10.0 Å². The Balaban J connectivity index is 2.10. The van der Waals surface area contributed by atoms with Crippen LogP contribution in [0.5, 0.6) is 11.6 Å². The molecule has 0 atom stereocenters. The van der Waals surface area contributed by atoms with Gasteiger partial charge in [0.05, 0.1) is 12.1 Å². The lowest BCUT2D eigenvalue weighted by atomic mass is 10.1. The van der Waals surface area contributed by atoms with E-state index >= 15 is 0 Å². The number of hydrogen-bond acceptors (Lipinski definition) is 4. The number of hydrogen-bond donors (Lipinski definition) is 1. The van der Waals surface area contributed by atoms with Gasteiger partial charge in [0.1, 0.15) is 12.4 Å². The maximum atomic E-state index is 11.2. The molecule has 0 unspecified atom stereocenters. The molecular formula is C19H18N2O3. The molecule has 2 aromatic carbocycles. The molecule has 1 N–H and O–H groups in total. The normalized spacial score (nSPS) is 10.7. The summed E-state index contributed by atoms with van der Waals surface area (Å²) in [5, 5.41) is 14.1. The van der Waals surface area contributed by atoms with Gasteiger partial charge in [0.2, 0.25) is 5.88 Å². The van der Waals surface area contributed by atoms with E-state index in [1.165, 1.54) is 0 Å². The van der Waals surface area contributed by atoms with Gasteiger partial charge in [0.25, 0.3) is 0 Å². The van der Waals surface area contributed by atoms with E-state index < -0.39 is 0 Å². The number of ether oxygens (including phenoxy) is 1. The minimum Gasteiger partial charge on any atom is -0.493 e.